The van der Waals surface area contributed by atoms with E-state index in [4.69, 9.17) is 0 Å². The summed E-state index contributed by atoms with van der Waals surface area (Å²) in [5.41, 5.74) is 10.3. The fourth-order valence-corrected chi connectivity index (χ4v) is 5.89. The molecule has 268 valence electrons. The van der Waals surface area contributed by atoms with Crippen LogP contribution in [-0.2, 0) is 21.1 Å². The van der Waals surface area contributed by atoms with Crippen molar-refractivity contribution in [1.82, 2.24) is 0 Å². The summed E-state index contributed by atoms with van der Waals surface area (Å²) in [4.78, 5) is 13.6. The van der Waals surface area contributed by atoms with E-state index in [1.807, 2.05) is 109 Å². The van der Waals surface area contributed by atoms with Crippen molar-refractivity contribution >= 4 is 57.9 Å². The van der Waals surface area contributed by atoms with Gasteiger partial charge >= 0.3 is 21.1 Å². The van der Waals surface area contributed by atoms with Crippen LogP contribution in [0.2, 0.25) is 0 Å². The molecule has 4 nitrogen and oxygen atoms in total. The summed E-state index contributed by atoms with van der Waals surface area (Å²) < 4.78 is 0. The zero-order valence-corrected chi connectivity index (χ0v) is 32.3. The van der Waals surface area contributed by atoms with Crippen LogP contribution in [0.5, 0.6) is 0 Å². The molecule has 0 aliphatic carbocycles. The Kier molecular flexibility index (Phi) is 13.9. The molecule has 8 aromatic rings. The molecule has 0 aliphatic rings. The Morgan fingerprint density at radius 3 is 0.891 bits per heavy atom. The van der Waals surface area contributed by atoms with Crippen LogP contribution in [0.25, 0.3) is 0 Å². The van der Waals surface area contributed by atoms with Crippen molar-refractivity contribution in [2.24, 2.45) is 9.98 Å². The number of anilines is 6. The number of para-hydroxylation sites is 6. The van der Waals surface area contributed by atoms with Crippen LogP contribution in [0.15, 0.2) is 228 Å². The molecule has 5 heteroatoms. The van der Waals surface area contributed by atoms with Gasteiger partial charge in [0.2, 0.25) is 0 Å². The van der Waals surface area contributed by atoms with E-state index in [1.165, 1.54) is 0 Å². The van der Waals surface area contributed by atoms with Crippen LogP contribution in [0.3, 0.4) is 0 Å². The molecule has 0 radical (unpaired) electrons. The van der Waals surface area contributed by atoms with Crippen molar-refractivity contribution in [2.45, 2.75) is 0 Å². The third-order valence-electron chi connectivity index (χ3n) is 8.41. The van der Waals surface area contributed by atoms with Crippen molar-refractivity contribution in [1.29, 1.82) is 0 Å². The maximum Gasteiger partial charge on any atom is 2.00 e. The van der Waals surface area contributed by atoms with E-state index >= 15 is 0 Å². The molecule has 0 fully saturated rings. The van der Waals surface area contributed by atoms with Gasteiger partial charge in [0.25, 0.3) is 0 Å². The number of rotatable bonds is 10. The summed E-state index contributed by atoms with van der Waals surface area (Å²) in [5, 5.41) is 0. The molecule has 0 bridgehead atoms. The fourth-order valence-electron chi connectivity index (χ4n) is 5.89. The molecule has 0 aliphatic heterocycles. The Morgan fingerprint density at radius 1 is 0.327 bits per heavy atom. The van der Waals surface area contributed by atoms with Crippen LogP contribution < -0.4 is 9.80 Å². The van der Waals surface area contributed by atoms with Gasteiger partial charge < -0.3 is 19.8 Å². The Balaban J connectivity index is 0.000000184. The molecule has 0 heterocycles. The average molecular weight is 890 g/mol. The molecule has 0 unspecified atom stereocenters. The van der Waals surface area contributed by atoms with Gasteiger partial charge in [-0.2, -0.15) is 0 Å². The third-order valence-corrected chi connectivity index (χ3v) is 8.41. The zero-order valence-electron chi connectivity index (χ0n) is 30.0. The van der Waals surface area contributed by atoms with E-state index in [9.17, 15) is 0 Å². The number of aliphatic imine (C=N–C) groups is 2. The smallest absolute Gasteiger partial charge is 0.328 e. The van der Waals surface area contributed by atoms with Gasteiger partial charge in [0.15, 0.2) is 0 Å². The molecular weight excluding hydrogens is 852 g/mol. The summed E-state index contributed by atoms with van der Waals surface area (Å²) in [7, 11) is 0. The standard InChI is InChI=1S/2C25H19N2.Pt/c2*1-4-12-22(13-5-1)26-20-21-11-10-18-25(19-21)27(23-14-6-2-7-15-23)24-16-8-3-9-17-24;/h2*1-10,12-20H;/q2*-1;+2. The van der Waals surface area contributed by atoms with Gasteiger partial charge in [0.1, 0.15) is 0 Å². The maximum absolute atomic E-state index is 4.55. The topological polar surface area (TPSA) is 31.2 Å². The number of hydrogen-bond acceptors (Lipinski definition) is 4. The van der Waals surface area contributed by atoms with Gasteiger partial charge in [0, 0.05) is 22.7 Å². The van der Waals surface area contributed by atoms with E-state index < -0.39 is 0 Å². The molecule has 0 atom stereocenters. The molecule has 0 aromatic heterocycles. The summed E-state index contributed by atoms with van der Waals surface area (Å²) in [5.74, 6) is 0. The van der Waals surface area contributed by atoms with E-state index in [0.717, 1.165) is 56.6 Å². The molecule has 0 saturated carbocycles. The van der Waals surface area contributed by atoms with Crippen molar-refractivity contribution in [3.05, 3.63) is 242 Å². The van der Waals surface area contributed by atoms with Gasteiger partial charge in [-0.25, -0.2) is 0 Å². The summed E-state index contributed by atoms with van der Waals surface area (Å²) >= 11 is 0. The molecule has 0 saturated heterocycles. The first-order chi connectivity index (χ1) is 26.8. The minimum Gasteiger partial charge on any atom is -0.328 e. The van der Waals surface area contributed by atoms with Gasteiger partial charge in [-0.15, -0.1) is 59.7 Å². The van der Waals surface area contributed by atoms with Gasteiger partial charge in [0.05, 0.1) is 11.4 Å². The van der Waals surface area contributed by atoms with Crippen LogP contribution in [0.1, 0.15) is 11.1 Å². The Bertz CT molecular complexity index is 2120. The van der Waals surface area contributed by atoms with E-state index in [-0.39, 0.29) is 21.1 Å². The molecule has 0 amide bonds. The predicted molar refractivity (Wildman–Crippen MR) is 227 cm³/mol. The monoisotopic (exact) mass is 889 g/mol. The van der Waals surface area contributed by atoms with Crippen LogP contribution in [0, 0.1) is 12.1 Å². The van der Waals surface area contributed by atoms with Crippen molar-refractivity contribution in [2.75, 3.05) is 9.80 Å². The van der Waals surface area contributed by atoms with Crippen LogP contribution in [0.4, 0.5) is 45.5 Å². The second-order valence-electron chi connectivity index (χ2n) is 12.2. The van der Waals surface area contributed by atoms with Gasteiger partial charge in [-0.1, -0.05) is 109 Å². The van der Waals surface area contributed by atoms with Crippen LogP contribution in [-0.4, -0.2) is 12.4 Å². The van der Waals surface area contributed by atoms with E-state index in [1.54, 1.807) is 0 Å². The van der Waals surface area contributed by atoms with Gasteiger partial charge in [-0.05, 0) is 96.6 Å². The Morgan fingerprint density at radius 2 is 0.600 bits per heavy atom. The van der Waals surface area contributed by atoms with Crippen molar-refractivity contribution in [3.8, 4) is 0 Å². The van der Waals surface area contributed by atoms with E-state index in [2.05, 4.69) is 153 Å². The minimum atomic E-state index is 0. The second-order valence-corrected chi connectivity index (χ2v) is 12.2. The first kappa shape index (κ1) is 38.1. The minimum absolute atomic E-state index is 0. The van der Waals surface area contributed by atoms with Crippen molar-refractivity contribution in [3.63, 3.8) is 0 Å². The number of hydrogen-bond donors (Lipinski definition) is 0. The Labute approximate surface area is 338 Å². The summed E-state index contributed by atoms with van der Waals surface area (Å²) in [6, 6.07) is 80.1. The normalized spacial score (nSPS) is 10.6. The van der Waals surface area contributed by atoms with Crippen LogP contribution >= 0.6 is 0 Å². The largest absolute Gasteiger partial charge is 2.00 e. The van der Waals surface area contributed by atoms with Crippen molar-refractivity contribution < 1.29 is 21.1 Å². The average Bonchev–Trinajstić information content (AvgIpc) is 3.25. The zero-order chi connectivity index (χ0) is 36.6. The SMILES string of the molecule is [Pt+2].[c-]1ccc(N(c2ccccc2)c2ccccc2)cc1C=Nc1ccccc1.[c-]1ccc(N(c2ccccc2)c2ccccc2)cc1C=Nc1ccccc1. The third kappa shape index (κ3) is 10.7. The molecule has 55 heavy (non-hydrogen) atoms. The first-order valence-corrected chi connectivity index (χ1v) is 17.8. The molecule has 0 N–H and O–H groups in total. The molecule has 0 spiro atoms. The summed E-state index contributed by atoms with van der Waals surface area (Å²) in [6.07, 6.45) is 3.71. The van der Waals surface area contributed by atoms with E-state index in [0.29, 0.717) is 0 Å². The number of nitrogens with zero attached hydrogens (tertiary/aromatic N) is 4. The fraction of sp³-hybridized carbons (Fsp3) is 0. The quantitative estimate of drug-likeness (QED) is 0.101. The predicted octanol–water partition coefficient (Wildman–Crippen LogP) is 13.4. The molecule has 8 aromatic carbocycles. The molecule has 8 rings (SSSR count). The number of benzene rings is 8. The maximum atomic E-state index is 4.55. The second kappa shape index (κ2) is 20.0. The van der Waals surface area contributed by atoms with Gasteiger partial charge in [-0.3, -0.25) is 0 Å². The molecular formula is C50H38N4Pt. The first-order valence-electron chi connectivity index (χ1n) is 17.8. The Hall–Kier alpha value is -6.61. The summed E-state index contributed by atoms with van der Waals surface area (Å²) in [6.45, 7) is 0.